The van der Waals surface area contributed by atoms with Crippen LogP contribution in [0.25, 0.3) is 0 Å². The molecule has 1 aliphatic rings. The van der Waals surface area contributed by atoms with E-state index < -0.39 is 62.7 Å². The Morgan fingerprint density at radius 1 is 1.20 bits per heavy atom. The number of aromatic nitrogens is 1. The molecule has 0 aliphatic heterocycles. The van der Waals surface area contributed by atoms with Gasteiger partial charge in [0, 0.05) is 12.0 Å². The van der Waals surface area contributed by atoms with Gasteiger partial charge in [-0.25, -0.2) is 18.2 Å². The summed E-state index contributed by atoms with van der Waals surface area (Å²) >= 11 is 0. The number of benzene rings is 1. The standard InChI is InChI=1S/C22H21F3N4O5S/c23-22(24,25)18-17(21(31)32)11-15(12-26)19(28-18)27-16-7-6-14(10-16)20(30)29-35(33,34)9-8-13-4-2-1-3-5-13/h1-5,11,14,16H,6-10H2,(H,27,28)(H,29,30)(H,31,32). The fraction of sp³-hybridized carbons (Fsp3) is 0.364. The zero-order chi connectivity index (χ0) is 25.8. The first-order valence-corrected chi connectivity index (χ1v) is 12.1. The number of nitrogens with zero attached hydrogens (tertiary/aromatic N) is 2. The largest absolute Gasteiger partial charge is 0.478 e. The molecule has 1 saturated carbocycles. The number of amides is 1. The number of alkyl halides is 3. The highest BCUT2D eigenvalue weighted by molar-refractivity contribution is 7.90. The summed E-state index contributed by atoms with van der Waals surface area (Å²) < 4.78 is 66.5. The minimum atomic E-state index is -5.07. The lowest BCUT2D eigenvalue weighted by atomic mass is 10.1. The van der Waals surface area contributed by atoms with Gasteiger partial charge in [-0.2, -0.15) is 18.4 Å². The van der Waals surface area contributed by atoms with E-state index in [1.807, 2.05) is 4.72 Å². The molecule has 0 bridgehead atoms. The number of nitriles is 1. The van der Waals surface area contributed by atoms with E-state index in [0.717, 1.165) is 5.56 Å². The third-order valence-corrected chi connectivity index (χ3v) is 6.80. The minimum Gasteiger partial charge on any atom is -0.478 e. The zero-order valence-corrected chi connectivity index (χ0v) is 19.0. The van der Waals surface area contributed by atoms with Gasteiger partial charge >= 0.3 is 12.1 Å². The number of aryl methyl sites for hydroxylation is 1. The summed E-state index contributed by atoms with van der Waals surface area (Å²) in [5.41, 5.74) is -2.40. The Kier molecular flexibility index (Phi) is 7.64. The van der Waals surface area contributed by atoms with Gasteiger partial charge in [0.05, 0.1) is 16.9 Å². The van der Waals surface area contributed by atoms with E-state index in [4.69, 9.17) is 5.11 Å². The number of hydrogen-bond donors (Lipinski definition) is 3. The molecule has 3 N–H and O–H groups in total. The van der Waals surface area contributed by atoms with Crippen LogP contribution in [0.4, 0.5) is 19.0 Å². The van der Waals surface area contributed by atoms with Crippen LogP contribution in [0.15, 0.2) is 36.4 Å². The van der Waals surface area contributed by atoms with E-state index >= 15 is 0 Å². The van der Waals surface area contributed by atoms with Gasteiger partial charge in [-0.15, -0.1) is 0 Å². The molecule has 1 fully saturated rings. The Labute approximate surface area is 199 Å². The molecule has 9 nitrogen and oxygen atoms in total. The van der Waals surface area contributed by atoms with Gasteiger partial charge in [0.25, 0.3) is 0 Å². The molecule has 1 aliphatic carbocycles. The van der Waals surface area contributed by atoms with E-state index in [2.05, 4.69) is 10.3 Å². The molecule has 1 amide bonds. The maximum absolute atomic E-state index is 13.3. The van der Waals surface area contributed by atoms with Gasteiger partial charge in [-0.3, -0.25) is 9.52 Å². The molecule has 35 heavy (non-hydrogen) atoms. The van der Waals surface area contributed by atoms with Crippen LogP contribution in [0.3, 0.4) is 0 Å². The van der Waals surface area contributed by atoms with Gasteiger partial charge in [0.1, 0.15) is 11.9 Å². The van der Waals surface area contributed by atoms with E-state index in [-0.39, 0.29) is 25.0 Å². The Bertz CT molecular complexity index is 1260. The summed E-state index contributed by atoms with van der Waals surface area (Å²) in [5.74, 6) is -4.05. The number of carboxylic acid groups (broad SMARTS) is 1. The van der Waals surface area contributed by atoms with Crippen molar-refractivity contribution in [1.82, 2.24) is 9.71 Å². The fourth-order valence-corrected chi connectivity index (χ4v) is 4.90. The van der Waals surface area contributed by atoms with E-state index in [1.165, 1.54) is 0 Å². The van der Waals surface area contributed by atoms with Crippen molar-refractivity contribution in [2.45, 2.75) is 37.9 Å². The smallest absolute Gasteiger partial charge is 0.434 e. The molecule has 0 spiro atoms. The number of rotatable bonds is 8. The van der Waals surface area contributed by atoms with Crippen molar-refractivity contribution in [3.8, 4) is 6.07 Å². The van der Waals surface area contributed by atoms with Crippen molar-refractivity contribution in [3.63, 3.8) is 0 Å². The number of pyridine rings is 1. The van der Waals surface area contributed by atoms with E-state index in [0.29, 0.717) is 12.5 Å². The summed E-state index contributed by atoms with van der Waals surface area (Å²) in [6.45, 7) is 0. The molecule has 2 unspecified atom stereocenters. The molecule has 2 atom stereocenters. The number of aromatic carboxylic acids is 1. The predicted octanol–water partition coefficient (Wildman–Crippen LogP) is 2.94. The average Bonchev–Trinajstić information content (AvgIpc) is 3.26. The van der Waals surface area contributed by atoms with E-state index in [1.54, 1.807) is 36.4 Å². The lowest BCUT2D eigenvalue weighted by Gasteiger charge is -2.18. The normalized spacial score (nSPS) is 18.0. The quantitative estimate of drug-likeness (QED) is 0.491. The van der Waals surface area contributed by atoms with Crippen LogP contribution in [0, 0.1) is 17.2 Å². The number of anilines is 1. The van der Waals surface area contributed by atoms with Crippen molar-refractivity contribution in [1.29, 1.82) is 5.26 Å². The summed E-state index contributed by atoms with van der Waals surface area (Å²) in [5, 5.41) is 21.0. The average molecular weight is 510 g/mol. The van der Waals surface area contributed by atoms with Crippen LogP contribution < -0.4 is 10.0 Å². The molecular formula is C22H21F3N4O5S. The molecule has 1 heterocycles. The van der Waals surface area contributed by atoms with Crippen molar-refractivity contribution in [3.05, 3.63) is 58.8 Å². The zero-order valence-electron chi connectivity index (χ0n) is 18.2. The van der Waals surface area contributed by atoms with Crippen molar-refractivity contribution >= 4 is 27.7 Å². The minimum absolute atomic E-state index is 0.0919. The van der Waals surface area contributed by atoms with Crippen LogP contribution in [0.1, 0.15) is 46.4 Å². The highest BCUT2D eigenvalue weighted by Gasteiger charge is 2.39. The Morgan fingerprint density at radius 3 is 2.49 bits per heavy atom. The van der Waals surface area contributed by atoms with Crippen LogP contribution in [0.2, 0.25) is 0 Å². The molecule has 186 valence electrons. The van der Waals surface area contributed by atoms with Gasteiger partial charge in [0.15, 0.2) is 5.69 Å². The van der Waals surface area contributed by atoms with Gasteiger partial charge in [-0.05, 0) is 37.3 Å². The number of carbonyl (C=O) groups is 2. The van der Waals surface area contributed by atoms with Gasteiger partial charge in [0.2, 0.25) is 15.9 Å². The molecule has 3 rings (SSSR count). The number of carboxylic acids is 1. The van der Waals surface area contributed by atoms with Gasteiger partial charge in [-0.1, -0.05) is 30.3 Å². The predicted molar refractivity (Wildman–Crippen MR) is 118 cm³/mol. The summed E-state index contributed by atoms with van der Waals surface area (Å²) in [6, 6.07) is 10.5. The molecule has 1 aromatic carbocycles. The molecule has 0 saturated heterocycles. The van der Waals surface area contributed by atoms with Crippen LogP contribution in [-0.4, -0.2) is 42.2 Å². The molecule has 0 radical (unpaired) electrons. The second-order valence-electron chi connectivity index (χ2n) is 8.07. The van der Waals surface area contributed by atoms with Gasteiger partial charge < -0.3 is 10.4 Å². The molecule has 13 heteroatoms. The van der Waals surface area contributed by atoms with Crippen molar-refractivity contribution in [2.75, 3.05) is 11.1 Å². The number of sulfonamides is 1. The summed E-state index contributed by atoms with van der Waals surface area (Å²) in [4.78, 5) is 27.0. The molecular weight excluding hydrogens is 489 g/mol. The number of hydrogen-bond acceptors (Lipinski definition) is 7. The topological polar surface area (TPSA) is 149 Å². The lowest BCUT2D eigenvalue weighted by molar-refractivity contribution is -0.141. The third kappa shape index (κ3) is 6.69. The SMILES string of the molecule is N#Cc1cc(C(=O)O)c(C(F)(F)F)nc1NC1CCC(C(=O)NS(=O)(=O)CCc2ccccc2)C1. The van der Waals surface area contributed by atoms with Crippen molar-refractivity contribution in [2.24, 2.45) is 5.92 Å². The number of carbonyl (C=O) groups excluding carboxylic acids is 1. The highest BCUT2D eigenvalue weighted by Crippen LogP contribution is 2.34. The Morgan fingerprint density at radius 2 is 1.89 bits per heavy atom. The highest BCUT2D eigenvalue weighted by atomic mass is 32.2. The van der Waals surface area contributed by atoms with E-state index in [9.17, 15) is 36.4 Å². The van der Waals surface area contributed by atoms with Crippen LogP contribution in [0.5, 0.6) is 0 Å². The maximum Gasteiger partial charge on any atom is 0.434 e. The monoisotopic (exact) mass is 510 g/mol. The Balaban J connectivity index is 1.66. The molecule has 1 aromatic heterocycles. The van der Waals surface area contributed by atoms with Crippen LogP contribution >= 0.6 is 0 Å². The summed E-state index contributed by atoms with van der Waals surface area (Å²) in [7, 11) is -3.89. The van der Waals surface area contributed by atoms with Crippen LogP contribution in [-0.2, 0) is 27.4 Å². The lowest BCUT2D eigenvalue weighted by Crippen LogP contribution is -2.37. The first-order valence-electron chi connectivity index (χ1n) is 10.5. The second-order valence-corrected chi connectivity index (χ2v) is 9.91. The fourth-order valence-electron chi connectivity index (χ4n) is 3.82. The molecule has 2 aromatic rings. The number of halogens is 3. The Hall–Kier alpha value is -3.66. The second kappa shape index (κ2) is 10.3. The first-order chi connectivity index (χ1) is 16.4. The number of nitrogens with one attached hydrogen (secondary N) is 2. The third-order valence-electron chi connectivity index (χ3n) is 5.54. The summed E-state index contributed by atoms with van der Waals surface area (Å²) in [6.07, 6.45) is -4.19. The van der Waals surface area contributed by atoms with Crippen molar-refractivity contribution < 1.29 is 36.3 Å². The first kappa shape index (κ1) is 26.0. The maximum atomic E-state index is 13.3.